The number of benzene rings is 1. The Kier molecular flexibility index (Phi) is 3.64. The van der Waals surface area contributed by atoms with E-state index < -0.39 is 5.97 Å². The van der Waals surface area contributed by atoms with Gasteiger partial charge in [0.2, 0.25) is 0 Å². The first-order chi connectivity index (χ1) is 9.02. The van der Waals surface area contributed by atoms with E-state index in [2.05, 4.69) is 17.0 Å². The molecule has 2 rings (SSSR count). The molecule has 1 heterocycles. The van der Waals surface area contributed by atoms with Crippen LogP contribution in [0.1, 0.15) is 48.7 Å². The van der Waals surface area contributed by atoms with Gasteiger partial charge >= 0.3 is 5.97 Å². The summed E-state index contributed by atoms with van der Waals surface area (Å²) < 4.78 is 1.60. The summed E-state index contributed by atoms with van der Waals surface area (Å²) in [6, 6.07) is 7.90. The quantitative estimate of drug-likeness (QED) is 0.916. The molecule has 2 aromatic rings. The highest BCUT2D eigenvalue weighted by atomic mass is 16.4. The Bertz CT molecular complexity index is 585. The lowest BCUT2D eigenvalue weighted by molar-refractivity contribution is 0.0683. The van der Waals surface area contributed by atoms with Crippen LogP contribution in [0.3, 0.4) is 0 Å². The summed E-state index contributed by atoms with van der Waals surface area (Å²) in [4.78, 5) is 15.1. The fraction of sp³-hybridized carbons (Fsp3) is 0.357. The Morgan fingerprint density at radius 2 is 1.95 bits per heavy atom. The molecule has 0 radical (unpaired) electrons. The molecule has 0 aliphatic heterocycles. The SMILES string of the molecule is CCc1ccc(-n2nc(C(=O)O)nc2C(C)C)cc1. The van der Waals surface area contributed by atoms with E-state index in [4.69, 9.17) is 5.11 Å². The van der Waals surface area contributed by atoms with Gasteiger partial charge in [0.15, 0.2) is 0 Å². The van der Waals surface area contributed by atoms with E-state index in [1.807, 2.05) is 38.1 Å². The summed E-state index contributed by atoms with van der Waals surface area (Å²) in [6.07, 6.45) is 0.967. The van der Waals surface area contributed by atoms with E-state index in [9.17, 15) is 4.79 Å². The van der Waals surface area contributed by atoms with Crippen LogP contribution >= 0.6 is 0 Å². The molecular weight excluding hydrogens is 242 g/mol. The molecule has 1 N–H and O–H groups in total. The maximum absolute atomic E-state index is 11.0. The van der Waals surface area contributed by atoms with Gasteiger partial charge in [-0.25, -0.2) is 14.5 Å². The topological polar surface area (TPSA) is 68.0 Å². The highest BCUT2D eigenvalue weighted by molar-refractivity contribution is 5.83. The molecule has 0 fully saturated rings. The Morgan fingerprint density at radius 1 is 1.32 bits per heavy atom. The van der Waals surface area contributed by atoms with Gasteiger partial charge in [-0.15, -0.1) is 5.10 Å². The van der Waals surface area contributed by atoms with Crippen molar-refractivity contribution in [1.82, 2.24) is 14.8 Å². The zero-order valence-corrected chi connectivity index (χ0v) is 11.3. The first-order valence-electron chi connectivity index (χ1n) is 6.32. The molecule has 0 saturated carbocycles. The number of rotatable bonds is 4. The predicted octanol–water partition coefficient (Wildman–Crippen LogP) is 2.65. The number of aromatic nitrogens is 3. The Labute approximate surface area is 111 Å². The summed E-state index contributed by atoms with van der Waals surface area (Å²) in [5, 5.41) is 13.1. The van der Waals surface area contributed by atoms with Crippen molar-refractivity contribution in [3.05, 3.63) is 41.5 Å². The first-order valence-corrected chi connectivity index (χ1v) is 6.32. The molecular formula is C14H17N3O2. The molecule has 19 heavy (non-hydrogen) atoms. The van der Waals surface area contributed by atoms with E-state index in [0.717, 1.165) is 12.1 Å². The summed E-state index contributed by atoms with van der Waals surface area (Å²) in [7, 11) is 0. The van der Waals surface area contributed by atoms with Crippen LogP contribution in [0.2, 0.25) is 0 Å². The van der Waals surface area contributed by atoms with Gasteiger partial charge in [0, 0.05) is 5.92 Å². The normalized spacial score (nSPS) is 10.9. The summed E-state index contributed by atoms with van der Waals surface area (Å²) >= 11 is 0. The van der Waals surface area contributed by atoms with Crippen LogP contribution < -0.4 is 0 Å². The summed E-state index contributed by atoms with van der Waals surface area (Å²) in [5.74, 6) is -0.512. The van der Waals surface area contributed by atoms with Crippen LogP contribution in [0.4, 0.5) is 0 Å². The second-order valence-electron chi connectivity index (χ2n) is 4.69. The van der Waals surface area contributed by atoms with Crippen molar-refractivity contribution in [1.29, 1.82) is 0 Å². The van der Waals surface area contributed by atoms with Crippen LogP contribution in [-0.4, -0.2) is 25.8 Å². The minimum Gasteiger partial charge on any atom is -0.475 e. The Hall–Kier alpha value is -2.17. The second-order valence-corrected chi connectivity index (χ2v) is 4.69. The van der Waals surface area contributed by atoms with E-state index >= 15 is 0 Å². The van der Waals surface area contributed by atoms with Crippen molar-refractivity contribution in [2.24, 2.45) is 0 Å². The summed E-state index contributed by atoms with van der Waals surface area (Å²) in [5.41, 5.74) is 2.06. The molecule has 0 aliphatic carbocycles. The Balaban J connectivity index is 2.49. The van der Waals surface area contributed by atoms with E-state index in [0.29, 0.717) is 5.82 Å². The van der Waals surface area contributed by atoms with Crippen LogP contribution in [0.25, 0.3) is 5.69 Å². The minimum atomic E-state index is -1.11. The molecule has 100 valence electrons. The molecule has 0 spiro atoms. The fourth-order valence-electron chi connectivity index (χ4n) is 1.85. The zero-order chi connectivity index (χ0) is 14.0. The largest absolute Gasteiger partial charge is 0.475 e. The van der Waals surface area contributed by atoms with Gasteiger partial charge in [0.1, 0.15) is 5.82 Å². The highest BCUT2D eigenvalue weighted by Gasteiger charge is 2.18. The van der Waals surface area contributed by atoms with E-state index in [-0.39, 0.29) is 11.7 Å². The standard InChI is InChI=1S/C14H17N3O2/c1-4-10-5-7-11(8-6-10)17-13(9(2)3)15-12(16-17)14(18)19/h5-9H,4H2,1-3H3,(H,18,19). The molecule has 0 saturated heterocycles. The predicted molar refractivity (Wildman–Crippen MR) is 71.8 cm³/mol. The number of nitrogens with zero attached hydrogens (tertiary/aromatic N) is 3. The smallest absolute Gasteiger partial charge is 0.375 e. The first kappa shape index (κ1) is 13.3. The maximum atomic E-state index is 11.0. The van der Waals surface area contributed by atoms with E-state index in [1.165, 1.54) is 5.56 Å². The molecule has 5 heteroatoms. The van der Waals surface area contributed by atoms with Crippen molar-refractivity contribution in [2.45, 2.75) is 33.1 Å². The third-order valence-electron chi connectivity index (χ3n) is 2.93. The molecule has 0 atom stereocenters. The van der Waals surface area contributed by atoms with E-state index in [1.54, 1.807) is 4.68 Å². The third kappa shape index (κ3) is 2.65. The molecule has 1 aromatic heterocycles. The maximum Gasteiger partial charge on any atom is 0.375 e. The number of aryl methyl sites for hydroxylation is 1. The van der Waals surface area contributed by atoms with Crippen LogP contribution in [0.5, 0.6) is 0 Å². The number of hydrogen-bond acceptors (Lipinski definition) is 3. The van der Waals surface area contributed by atoms with Crippen molar-refractivity contribution < 1.29 is 9.90 Å². The lowest BCUT2D eigenvalue weighted by atomic mass is 10.1. The number of hydrogen-bond donors (Lipinski definition) is 1. The lowest BCUT2D eigenvalue weighted by Crippen LogP contribution is -2.05. The number of carbonyl (C=O) groups is 1. The number of carboxylic acids is 1. The lowest BCUT2D eigenvalue weighted by Gasteiger charge is -2.08. The molecule has 0 unspecified atom stereocenters. The molecule has 0 aliphatic rings. The van der Waals surface area contributed by atoms with Crippen LogP contribution in [0, 0.1) is 0 Å². The summed E-state index contributed by atoms with van der Waals surface area (Å²) in [6.45, 7) is 6.02. The van der Waals surface area contributed by atoms with Crippen molar-refractivity contribution in [3.8, 4) is 5.69 Å². The van der Waals surface area contributed by atoms with Gasteiger partial charge in [-0.1, -0.05) is 32.9 Å². The van der Waals surface area contributed by atoms with Crippen molar-refractivity contribution in [3.63, 3.8) is 0 Å². The zero-order valence-electron chi connectivity index (χ0n) is 11.3. The Morgan fingerprint density at radius 3 is 2.42 bits per heavy atom. The second kappa shape index (κ2) is 5.22. The van der Waals surface area contributed by atoms with Crippen molar-refractivity contribution in [2.75, 3.05) is 0 Å². The molecule has 1 aromatic carbocycles. The highest BCUT2D eigenvalue weighted by Crippen LogP contribution is 2.18. The van der Waals surface area contributed by atoms with Gasteiger partial charge in [-0.2, -0.15) is 0 Å². The number of aromatic carboxylic acids is 1. The monoisotopic (exact) mass is 259 g/mol. The molecule has 0 bridgehead atoms. The minimum absolute atomic E-state index is 0.103. The molecule has 5 nitrogen and oxygen atoms in total. The third-order valence-corrected chi connectivity index (χ3v) is 2.93. The van der Waals surface area contributed by atoms with Crippen LogP contribution in [0.15, 0.2) is 24.3 Å². The fourth-order valence-corrected chi connectivity index (χ4v) is 1.85. The molecule has 0 amide bonds. The van der Waals surface area contributed by atoms with Gasteiger partial charge in [-0.05, 0) is 24.1 Å². The van der Waals surface area contributed by atoms with Gasteiger partial charge in [0.25, 0.3) is 5.82 Å². The van der Waals surface area contributed by atoms with Gasteiger partial charge < -0.3 is 5.11 Å². The van der Waals surface area contributed by atoms with Gasteiger partial charge in [-0.3, -0.25) is 0 Å². The van der Waals surface area contributed by atoms with Gasteiger partial charge in [0.05, 0.1) is 5.69 Å². The van der Waals surface area contributed by atoms with Crippen LogP contribution in [-0.2, 0) is 6.42 Å². The average molecular weight is 259 g/mol. The van der Waals surface area contributed by atoms with Crippen molar-refractivity contribution >= 4 is 5.97 Å². The number of carboxylic acid groups (broad SMARTS) is 1. The average Bonchev–Trinajstić information content (AvgIpc) is 2.84.